The van der Waals surface area contributed by atoms with E-state index in [4.69, 9.17) is 4.74 Å². The van der Waals surface area contributed by atoms with Crippen molar-refractivity contribution in [2.24, 2.45) is 0 Å². The van der Waals surface area contributed by atoms with Crippen LogP contribution in [0.5, 0.6) is 5.75 Å². The van der Waals surface area contributed by atoms with Crippen molar-refractivity contribution in [3.05, 3.63) is 30.3 Å². The second kappa shape index (κ2) is 7.80. The second-order valence-corrected chi connectivity index (χ2v) is 5.62. The van der Waals surface area contributed by atoms with E-state index in [1.54, 1.807) is 0 Å². The van der Waals surface area contributed by atoms with Crippen LogP contribution in [0, 0.1) is 0 Å². The molecule has 18 heavy (non-hydrogen) atoms. The lowest BCUT2D eigenvalue weighted by Crippen LogP contribution is -2.42. The van der Waals surface area contributed by atoms with Gasteiger partial charge in [0.1, 0.15) is 12.4 Å². The molecule has 2 nitrogen and oxygen atoms in total. The summed E-state index contributed by atoms with van der Waals surface area (Å²) in [6.07, 6.45) is 5.32. The second-order valence-electron chi connectivity index (χ2n) is 4.82. The SMILES string of the molecule is BrCCC1CCCCN1CCOc1ccccc1. The fourth-order valence-corrected chi connectivity index (χ4v) is 3.13. The number of benzene rings is 1. The van der Waals surface area contributed by atoms with E-state index in [2.05, 4.69) is 20.8 Å². The van der Waals surface area contributed by atoms with Gasteiger partial charge in [0, 0.05) is 17.9 Å². The summed E-state index contributed by atoms with van der Waals surface area (Å²) in [7, 11) is 0. The number of rotatable bonds is 6. The third-order valence-corrected chi connectivity index (χ3v) is 4.04. The minimum atomic E-state index is 0.748. The minimum Gasteiger partial charge on any atom is -0.492 e. The number of hydrogen-bond donors (Lipinski definition) is 0. The normalized spacial score (nSPS) is 20.8. The van der Waals surface area contributed by atoms with Crippen molar-refractivity contribution < 1.29 is 4.74 Å². The van der Waals surface area contributed by atoms with Gasteiger partial charge >= 0.3 is 0 Å². The molecule has 1 heterocycles. The van der Waals surface area contributed by atoms with E-state index in [9.17, 15) is 0 Å². The molecule has 0 bridgehead atoms. The number of para-hydroxylation sites is 1. The smallest absolute Gasteiger partial charge is 0.119 e. The predicted molar refractivity (Wildman–Crippen MR) is 79.6 cm³/mol. The molecule has 1 atom stereocenters. The zero-order chi connectivity index (χ0) is 12.6. The van der Waals surface area contributed by atoms with Gasteiger partial charge < -0.3 is 4.74 Å². The lowest BCUT2D eigenvalue weighted by molar-refractivity contribution is 0.121. The molecule has 0 aromatic heterocycles. The first-order valence-electron chi connectivity index (χ1n) is 6.88. The quantitative estimate of drug-likeness (QED) is 0.743. The van der Waals surface area contributed by atoms with Gasteiger partial charge in [0.2, 0.25) is 0 Å². The van der Waals surface area contributed by atoms with Crippen LogP contribution in [0.4, 0.5) is 0 Å². The molecule has 1 saturated heterocycles. The van der Waals surface area contributed by atoms with Gasteiger partial charge in [-0.15, -0.1) is 0 Å². The molecular weight excluding hydrogens is 290 g/mol. The van der Waals surface area contributed by atoms with E-state index < -0.39 is 0 Å². The molecule has 1 aliphatic heterocycles. The predicted octanol–water partition coefficient (Wildman–Crippen LogP) is 3.70. The number of piperidine rings is 1. The van der Waals surface area contributed by atoms with E-state index in [0.29, 0.717) is 0 Å². The van der Waals surface area contributed by atoms with Gasteiger partial charge in [-0.2, -0.15) is 0 Å². The van der Waals surface area contributed by atoms with Gasteiger partial charge in [0.05, 0.1) is 0 Å². The Bertz CT molecular complexity index is 329. The summed E-state index contributed by atoms with van der Waals surface area (Å²) >= 11 is 3.56. The molecule has 0 saturated carbocycles. The Morgan fingerprint density at radius 2 is 2.06 bits per heavy atom. The van der Waals surface area contributed by atoms with Crippen molar-refractivity contribution in [1.29, 1.82) is 0 Å². The van der Waals surface area contributed by atoms with Crippen LogP contribution in [0.25, 0.3) is 0 Å². The average Bonchev–Trinajstić information content (AvgIpc) is 2.42. The summed E-state index contributed by atoms with van der Waals surface area (Å²) < 4.78 is 5.78. The standard InChI is InChI=1S/C15H22BrNO/c16-10-9-14-6-4-5-11-17(14)12-13-18-15-7-2-1-3-8-15/h1-3,7-8,14H,4-6,9-13H2. The Morgan fingerprint density at radius 1 is 1.22 bits per heavy atom. The van der Waals surface area contributed by atoms with E-state index >= 15 is 0 Å². The summed E-state index contributed by atoms with van der Waals surface area (Å²) in [6.45, 7) is 3.07. The van der Waals surface area contributed by atoms with Crippen molar-refractivity contribution in [3.8, 4) is 5.75 Å². The van der Waals surface area contributed by atoms with Crippen molar-refractivity contribution in [3.63, 3.8) is 0 Å². The van der Waals surface area contributed by atoms with E-state index in [-0.39, 0.29) is 0 Å². The number of nitrogens with zero attached hydrogens (tertiary/aromatic N) is 1. The highest BCUT2D eigenvalue weighted by molar-refractivity contribution is 9.09. The molecule has 1 fully saturated rings. The molecule has 1 aromatic rings. The molecule has 0 N–H and O–H groups in total. The highest BCUT2D eigenvalue weighted by Crippen LogP contribution is 2.20. The first-order chi connectivity index (χ1) is 8.90. The average molecular weight is 312 g/mol. The Hall–Kier alpha value is -0.540. The molecule has 1 unspecified atom stereocenters. The van der Waals surface area contributed by atoms with E-state index in [0.717, 1.165) is 30.3 Å². The molecule has 100 valence electrons. The maximum atomic E-state index is 5.78. The van der Waals surface area contributed by atoms with Gasteiger partial charge in [0.25, 0.3) is 0 Å². The van der Waals surface area contributed by atoms with Gasteiger partial charge in [-0.1, -0.05) is 40.5 Å². The monoisotopic (exact) mass is 311 g/mol. The summed E-state index contributed by atoms with van der Waals surface area (Å²) in [5.41, 5.74) is 0. The maximum absolute atomic E-state index is 5.78. The third-order valence-electron chi connectivity index (χ3n) is 3.58. The van der Waals surface area contributed by atoms with E-state index in [1.807, 2.05) is 30.3 Å². The summed E-state index contributed by atoms with van der Waals surface area (Å²) in [5, 5.41) is 1.10. The zero-order valence-corrected chi connectivity index (χ0v) is 12.4. The molecular formula is C15H22BrNO. The van der Waals surface area contributed by atoms with Crippen LogP contribution in [-0.4, -0.2) is 36.0 Å². The topological polar surface area (TPSA) is 12.5 Å². The van der Waals surface area contributed by atoms with Crippen molar-refractivity contribution in [2.45, 2.75) is 31.7 Å². The third kappa shape index (κ3) is 4.29. The Balaban J connectivity index is 1.74. The maximum Gasteiger partial charge on any atom is 0.119 e. The number of ether oxygens (including phenoxy) is 1. The first kappa shape index (κ1) is 13.9. The highest BCUT2D eigenvalue weighted by atomic mass is 79.9. The number of hydrogen-bond acceptors (Lipinski definition) is 2. The molecule has 0 aliphatic carbocycles. The van der Waals surface area contributed by atoms with Crippen LogP contribution < -0.4 is 4.74 Å². The van der Waals surface area contributed by atoms with Crippen molar-refractivity contribution in [2.75, 3.05) is 25.0 Å². The van der Waals surface area contributed by atoms with Crippen molar-refractivity contribution in [1.82, 2.24) is 4.90 Å². The molecule has 0 spiro atoms. The minimum absolute atomic E-state index is 0.748. The molecule has 0 amide bonds. The fraction of sp³-hybridized carbons (Fsp3) is 0.600. The molecule has 1 aliphatic rings. The Kier molecular flexibility index (Phi) is 6.01. The molecule has 3 heteroatoms. The largest absolute Gasteiger partial charge is 0.492 e. The van der Waals surface area contributed by atoms with Crippen LogP contribution in [0.2, 0.25) is 0 Å². The number of alkyl halides is 1. The summed E-state index contributed by atoms with van der Waals surface area (Å²) in [4.78, 5) is 2.59. The van der Waals surface area contributed by atoms with Gasteiger partial charge in [-0.25, -0.2) is 0 Å². The summed E-state index contributed by atoms with van der Waals surface area (Å²) in [5.74, 6) is 0.978. The fourth-order valence-electron chi connectivity index (χ4n) is 2.60. The number of halogens is 1. The van der Waals surface area contributed by atoms with Crippen LogP contribution >= 0.6 is 15.9 Å². The lowest BCUT2D eigenvalue weighted by atomic mass is 10.0. The Labute approximate surface area is 118 Å². The summed E-state index contributed by atoms with van der Waals surface area (Å²) in [6, 6.07) is 10.8. The molecule has 1 aromatic carbocycles. The highest BCUT2D eigenvalue weighted by Gasteiger charge is 2.21. The van der Waals surface area contributed by atoms with Crippen LogP contribution in [-0.2, 0) is 0 Å². The van der Waals surface area contributed by atoms with Gasteiger partial charge in [-0.3, -0.25) is 4.90 Å². The van der Waals surface area contributed by atoms with Crippen LogP contribution in [0.15, 0.2) is 30.3 Å². The molecule has 2 rings (SSSR count). The number of likely N-dealkylation sites (tertiary alicyclic amines) is 1. The van der Waals surface area contributed by atoms with Crippen LogP contribution in [0.3, 0.4) is 0 Å². The lowest BCUT2D eigenvalue weighted by Gasteiger charge is -2.35. The Morgan fingerprint density at radius 3 is 2.83 bits per heavy atom. The zero-order valence-electron chi connectivity index (χ0n) is 10.9. The van der Waals surface area contributed by atoms with Crippen molar-refractivity contribution >= 4 is 15.9 Å². The molecule has 0 radical (unpaired) electrons. The van der Waals surface area contributed by atoms with E-state index in [1.165, 1.54) is 32.2 Å². The first-order valence-corrected chi connectivity index (χ1v) is 8.00. The van der Waals surface area contributed by atoms with Gasteiger partial charge in [-0.05, 0) is 37.9 Å². The van der Waals surface area contributed by atoms with Gasteiger partial charge in [0.15, 0.2) is 0 Å². The van der Waals surface area contributed by atoms with Crippen LogP contribution in [0.1, 0.15) is 25.7 Å².